The van der Waals surface area contributed by atoms with Gasteiger partial charge in [0.15, 0.2) is 0 Å². The van der Waals surface area contributed by atoms with Crippen molar-refractivity contribution in [1.82, 2.24) is 0 Å². The normalized spacial score (nSPS) is 10.3. The molecule has 3 N–H and O–H groups in total. The number of phenolic OH excluding ortho intramolecular Hbond substituents is 2. The number of hydrogen-bond acceptors (Lipinski definition) is 3. The summed E-state index contributed by atoms with van der Waals surface area (Å²) in [6.45, 7) is 2.64. The first-order valence-electron chi connectivity index (χ1n) is 6.03. The van der Waals surface area contributed by atoms with E-state index in [2.05, 4.69) is 18.3 Å². The van der Waals surface area contributed by atoms with Gasteiger partial charge in [-0.3, -0.25) is 0 Å². The summed E-state index contributed by atoms with van der Waals surface area (Å²) in [7, 11) is 0. The molecule has 0 aromatic heterocycles. The molecule has 0 saturated carbocycles. The van der Waals surface area contributed by atoms with Crippen molar-refractivity contribution in [2.75, 3.05) is 5.32 Å². The number of anilines is 1. The first-order valence-corrected chi connectivity index (χ1v) is 6.03. The fourth-order valence-corrected chi connectivity index (χ4v) is 1.89. The maximum absolute atomic E-state index is 9.70. The van der Waals surface area contributed by atoms with Crippen LogP contribution in [-0.2, 0) is 13.0 Å². The van der Waals surface area contributed by atoms with Crippen LogP contribution in [0.2, 0.25) is 0 Å². The van der Waals surface area contributed by atoms with Crippen LogP contribution in [0.15, 0.2) is 42.5 Å². The third kappa shape index (κ3) is 2.74. The number of benzene rings is 2. The van der Waals surface area contributed by atoms with Crippen molar-refractivity contribution >= 4 is 5.69 Å². The highest BCUT2D eigenvalue weighted by atomic mass is 16.3. The fraction of sp³-hybridized carbons (Fsp3) is 0.200. The molecular formula is C15H17NO2. The Kier molecular flexibility index (Phi) is 3.72. The Morgan fingerprint density at radius 2 is 1.78 bits per heavy atom. The molecule has 0 aliphatic rings. The highest BCUT2D eigenvalue weighted by Crippen LogP contribution is 2.24. The van der Waals surface area contributed by atoms with Crippen molar-refractivity contribution in [3.8, 4) is 11.5 Å². The molecule has 0 aliphatic carbocycles. The van der Waals surface area contributed by atoms with Crippen LogP contribution in [0.1, 0.15) is 18.1 Å². The summed E-state index contributed by atoms with van der Waals surface area (Å²) in [4.78, 5) is 0. The molecule has 3 heteroatoms. The lowest BCUT2D eigenvalue weighted by Crippen LogP contribution is -2.02. The summed E-state index contributed by atoms with van der Waals surface area (Å²) < 4.78 is 0. The number of para-hydroxylation sites is 1. The molecule has 0 radical (unpaired) electrons. The molecule has 0 atom stereocenters. The van der Waals surface area contributed by atoms with Gasteiger partial charge in [-0.05, 0) is 30.2 Å². The van der Waals surface area contributed by atoms with E-state index in [1.54, 1.807) is 12.1 Å². The Balaban J connectivity index is 2.11. The molecule has 2 rings (SSSR count). The van der Waals surface area contributed by atoms with Crippen LogP contribution >= 0.6 is 0 Å². The maximum atomic E-state index is 9.70. The van der Waals surface area contributed by atoms with Gasteiger partial charge in [0, 0.05) is 23.9 Å². The summed E-state index contributed by atoms with van der Waals surface area (Å²) in [6, 6.07) is 12.7. The topological polar surface area (TPSA) is 52.5 Å². The number of aryl methyl sites for hydroxylation is 1. The second-order valence-corrected chi connectivity index (χ2v) is 4.18. The van der Waals surface area contributed by atoms with Crippen LogP contribution in [0.5, 0.6) is 11.5 Å². The lowest BCUT2D eigenvalue weighted by atomic mass is 10.1. The zero-order chi connectivity index (χ0) is 13.0. The molecule has 0 bridgehead atoms. The Bertz CT molecular complexity index is 538. The SMILES string of the molecule is CCc1ccccc1NCc1ccc(O)cc1O. The molecule has 0 amide bonds. The van der Waals surface area contributed by atoms with Crippen LogP contribution in [0.4, 0.5) is 5.69 Å². The van der Waals surface area contributed by atoms with Gasteiger partial charge in [0.2, 0.25) is 0 Å². The van der Waals surface area contributed by atoms with Gasteiger partial charge in [0.1, 0.15) is 11.5 Å². The fourth-order valence-electron chi connectivity index (χ4n) is 1.89. The minimum absolute atomic E-state index is 0.0743. The van der Waals surface area contributed by atoms with E-state index in [9.17, 15) is 10.2 Å². The van der Waals surface area contributed by atoms with Gasteiger partial charge in [-0.1, -0.05) is 25.1 Å². The summed E-state index contributed by atoms with van der Waals surface area (Å²) in [5.41, 5.74) is 3.09. The number of nitrogens with one attached hydrogen (secondary N) is 1. The lowest BCUT2D eigenvalue weighted by Gasteiger charge is -2.11. The minimum atomic E-state index is 0.0743. The quantitative estimate of drug-likeness (QED) is 0.772. The maximum Gasteiger partial charge on any atom is 0.124 e. The van der Waals surface area contributed by atoms with Crippen molar-refractivity contribution in [3.05, 3.63) is 53.6 Å². The Hall–Kier alpha value is -2.16. The van der Waals surface area contributed by atoms with Crippen molar-refractivity contribution < 1.29 is 10.2 Å². The molecular weight excluding hydrogens is 226 g/mol. The van der Waals surface area contributed by atoms with E-state index in [4.69, 9.17) is 0 Å². The second kappa shape index (κ2) is 5.45. The Morgan fingerprint density at radius 3 is 2.50 bits per heavy atom. The van der Waals surface area contributed by atoms with Crippen LogP contribution in [0, 0.1) is 0 Å². The number of rotatable bonds is 4. The summed E-state index contributed by atoms with van der Waals surface area (Å²) in [5, 5.41) is 22.2. The van der Waals surface area contributed by atoms with Crippen molar-refractivity contribution in [2.24, 2.45) is 0 Å². The summed E-state index contributed by atoms with van der Waals surface area (Å²) >= 11 is 0. The molecule has 18 heavy (non-hydrogen) atoms. The predicted octanol–water partition coefficient (Wildman–Crippen LogP) is 3.27. The van der Waals surface area contributed by atoms with Gasteiger partial charge in [0.25, 0.3) is 0 Å². The van der Waals surface area contributed by atoms with Gasteiger partial charge in [-0.2, -0.15) is 0 Å². The van der Waals surface area contributed by atoms with Gasteiger partial charge in [0.05, 0.1) is 0 Å². The zero-order valence-electron chi connectivity index (χ0n) is 10.4. The van der Waals surface area contributed by atoms with Crippen molar-refractivity contribution in [2.45, 2.75) is 19.9 Å². The van der Waals surface area contributed by atoms with Crippen LogP contribution in [0.3, 0.4) is 0 Å². The largest absolute Gasteiger partial charge is 0.508 e. The standard InChI is InChI=1S/C15H17NO2/c1-2-11-5-3-4-6-14(11)16-10-12-7-8-13(17)9-15(12)18/h3-9,16-18H,2,10H2,1H3. The van der Waals surface area contributed by atoms with E-state index < -0.39 is 0 Å². The van der Waals surface area contributed by atoms with Gasteiger partial charge >= 0.3 is 0 Å². The molecule has 0 saturated heterocycles. The van der Waals surface area contributed by atoms with Gasteiger partial charge < -0.3 is 15.5 Å². The van der Waals surface area contributed by atoms with Gasteiger partial charge in [-0.25, -0.2) is 0 Å². The first kappa shape index (κ1) is 12.3. The highest BCUT2D eigenvalue weighted by Gasteiger charge is 2.03. The Labute approximate surface area is 107 Å². The van der Waals surface area contributed by atoms with E-state index in [0.29, 0.717) is 6.54 Å². The van der Waals surface area contributed by atoms with E-state index in [-0.39, 0.29) is 11.5 Å². The zero-order valence-corrected chi connectivity index (χ0v) is 10.4. The van der Waals surface area contributed by atoms with Crippen LogP contribution in [-0.4, -0.2) is 10.2 Å². The summed E-state index contributed by atoms with van der Waals surface area (Å²) in [5.74, 6) is 0.182. The minimum Gasteiger partial charge on any atom is -0.508 e. The monoisotopic (exact) mass is 243 g/mol. The predicted molar refractivity (Wildman–Crippen MR) is 72.9 cm³/mol. The lowest BCUT2D eigenvalue weighted by molar-refractivity contribution is 0.446. The van der Waals surface area contributed by atoms with E-state index in [1.165, 1.54) is 11.6 Å². The first-order chi connectivity index (χ1) is 8.70. The molecule has 0 unspecified atom stereocenters. The van der Waals surface area contributed by atoms with Gasteiger partial charge in [-0.15, -0.1) is 0 Å². The van der Waals surface area contributed by atoms with E-state index >= 15 is 0 Å². The average molecular weight is 243 g/mol. The molecule has 0 aliphatic heterocycles. The molecule has 0 heterocycles. The molecule has 0 fully saturated rings. The summed E-state index contributed by atoms with van der Waals surface area (Å²) in [6.07, 6.45) is 0.963. The van der Waals surface area contributed by atoms with Crippen LogP contribution < -0.4 is 5.32 Å². The number of hydrogen-bond donors (Lipinski definition) is 3. The molecule has 3 nitrogen and oxygen atoms in total. The molecule has 94 valence electrons. The van der Waals surface area contributed by atoms with E-state index in [1.807, 2.05) is 18.2 Å². The average Bonchev–Trinajstić information content (AvgIpc) is 2.38. The van der Waals surface area contributed by atoms with Crippen LogP contribution in [0.25, 0.3) is 0 Å². The number of aromatic hydroxyl groups is 2. The second-order valence-electron chi connectivity index (χ2n) is 4.18. The molecule has 2 aromatic rings. The number of phenols is 2. The molecule has 0 spiro atoms. The smallest absolute Gasteiger partial charge is 0.124 e. The Morgan fingerprint density at radius 1 is 1.00 bits per heavy atom. The third-order valence-corrected chi connectivity index (χ3v) is 2.94. The van der Waals surface area contributed by atoms with E-state index in [0.717, 1.165) is 17.7 Å². The van der Waals surface area contributed by atoms with Crippen molar-refractivity contribution in [1.29, 1.82) is 0 Å². The highest BCUT2D eigenvalue weighted by molar-refractivity contribution is 5.52. The van der Waals surface area contributed by atoms with Crippen molar-refractivity contribution in [3.63, 3.8) is 0 Å². The molecule has 2 aromatic carbocycles. The third-order valence-electron chi connectivity index (χ3n) is 2.94.